The van der Waals surface area contributed by atoms with Crippen LogP contribution in [0, 0.1) is 0 Å². The van der Waals surface area contributed by atoms with Crippen LogP contribution in [0.5, 0.6) is 0 Å². The van der Waals surface area contributed by atoms with Gasteiger partial charge in [0.2, 0.25) is 0 Å². The highest BCUT2D eigenvalue weighted by Crippen LogP contribution is 2.47. The molecule has 0 spiro atoms. The summed E-state index contributed by atoms with van der Waals surface area (Å²) in [6.07, 6.45) is 7.55. The minimum Gasteiger partial charge on any atom is -0.301 e. The van der Waals surface area contributed by atoms with Crippen molar-refractivity contribution in [3.8, 4) is 0 Å². The van der Waals surface area contributed by atoms with E-state index in [1.807, 2.05) is 0 Å². The maximum absolute atomic E-state index is 5.59. The zero-order valence-electron chi connectivity index (χ0n) is 9.66. The minimum atomic E-state index is -1.77. The Labute approximate surface area is 135 Å². The van der Waals surface area contributed by atoms with Crippen LogP contribution in [0.25, 0.3) is 0 Å². The first-order chi connectivity index (χ1) is 8.12. The molecule has 0 aromatic rings. The molecular formula is C8H18OS8. The van der Waals surface area contributed by atoms with Gasteiger partial charge >= 0.3 is 0 Å². The van der Waals surface area contributed by atoms with Crippen molar-refractivity contribution < 1.29 is 4.18 Å². The average molecular weight is 387 g/mol. The van der Waals surface area contributed by atoms with Gasteiger partial charge in [-0.2, -0.15) is 0 Å². The Kier molecular flexibility index (Phi) is 15.5. The van der Waals surface area contributed by atoms with Gasteiger partial charge in [0.25, 0.3) is 0 Å². The van der Waals surface area contributed by atoms with Gasteiger partial charge in [-0.05, 0) is 48.4 Å². The molecule has 0 N–H and O–H groups in total. The van der Waals surface area contributed by atoms with Crippen molar-refractivity contribution >= 4 is 79.8 Å². The monoisotopic (exact) mass is 386 g/mol. The molecule has 0 aromatic carbocycles. The van der Waals surface area contributed by atoms with Crippen LogP contribution in [0.2, 0.25) is 0 Å². The fourth-order valence-corrected chi connectivity index (χ4v) is 14.7. The molecule has 0 aliphatic heterocycles. The molecule has 0 heterocycles. The van der Waals surface area contributed by atoms with Crippen molar-refractivity contribution in [2.24, 2.45) is 0 Å². The first kappa shape index (κ1) is 19.5. The van der Waals surface area contributed by atoms with Gasteiger partial charge in [-0.3, -0.25) is 0 Å². The molecule has 0 aliphatic rings. The Morgan fingerprint density at radius 2 is 1.71 bits per heavy atom. The molecule has 0 atom stereocenters. The summed E-state index contributed by atoms with van der Waals surface area (Å²) in [6.45, 7) is 1.16. The molecule has 0 aliphatic carbocycles. The Bertz CT molecular complexity index is 252. The summed E-state index contributed by atoms with van der Waals surface area (Å²) in [7, 11) is 5.99. The quantitative estimate of drug-likeness (QED) is 0.255. The molecule has 104 valence electrons. The second-order valence-corrected chi connectivity index (χ2v) is 17.7. The standard InChI is InChI=1S/C8H18OS8/c1-2-3-4-5-6-7-8-9-17(11,12)16-15-14-13-10/h10H,2-8H2,1H3. The van der Waals surface area contributed by atoms with Crippen LogP contribution in [-0.2, 0) is 33.0 Å². The van der Waals surface area contributed by atoms with Crippen LogP contribution in [0.1, 0.15) is 45.4 Å². The topological polar surface area (TPSA) is 9.23 Å². The predicted molar refractivity (Wildman–Crippen MR) is 101 cm³/mol. The van der Waals surface area contributed by atoms with Gasteiger partial charge in [-0.25, -0.2) is 0 Å². The molecule has 9 heteroatoms. The Morgan fingerprint density at radius 1 is 1.06 bits per heavy atom. The Balaban J connectivity index is 3.39. The van der Waals surface area contributed by atoms with Gasteiger partial charge in [0.1, 0.15) is 0 Å². The van der Waals surface area contributed by atoms with E-state index >= 15 is 0 Å². The molecule has 17 heavy (non-hydrogen) atoms. The lowest BCUT2D eigenvalue weighted by Crippen LogP contribution is -1.98. The highest BCUT2D eigenvalue weighted by Gasteiger charge is 2.04. The molecule has 1 nitrogen and oxygen atoms in total. The molecule has 0 amide bonds. The third kappa shape index (κ3) is 14.7. The summed E-state index contributed by atoms with van der Waals surface area (Å²) in [6, 6.07) is 0. The van der Waals surface area contributed by atoms with Crippen LogP contribution in [-0.4, -0.2) is 6.61 Å². The number of unbranched alkanes of at least 4 members (excludes halogenated alkanes) is 5. The lowest BCUT2D eigenvalue weighted by Gasteiger charge is -2.08. The van der Waals surface area contributed by atoms with Crippen molar-refractivity contribution in [1.29, 1.82) is 0 Å². The second kappa shape index (κ2) is 13.5. The van der Waals surface area contributed by atoms with E-state index in [0.29, 0.717) is 6.61 Å². The molecule has 0 aromatic heterocycles. The maximum atomic E-state index is 5.59. The van der Waals surface area contributed by atoms with Crippen LogP contribution in [0.4, 0.5) is 0 Å². The SMILES string of the molecule is CCCCCCCCOS(=S)(=S)SSSSS. The zero-order valence-corrected chi connectivity index (χ0v) is 16.3. The van der Waals surface area contributed by atoms with E-state index in [-0.39, 0.29) is 0 Å². The Morgan fingerprint density at radius 3 is 2.35 bits per heavy atom. The minimum absolute atomic E-state index is 0.709. The van der Waals surface area contributed by atoms with E-state index < -0.39 is 6.46 Å². The zero-order chi connectivity index (χ0) is 13.0. The largest absolute Gasteiger partial charge is 0.301 e. The number of hydrogen-bond acceptors (Lipinski definition) is 8. The summed E-state index contributed by atoms with van der Waals surface area (Å²) in [5.74, 6) is 0. The van der Waals surface area contributed by atoms with E-state index in [1.54, 1.807) is 19.7 Å². The van der Waals surface area contributed by atoms with E-state index in [9.17, 15) is 0 Å². The molecule has 0 radical (unpaired) electrons. The van der Waals surface area contributed by atoms with Crippen molar-refractivity contribution in [1.82, 2.24) is 0 Å². The number of rotatable bonds is 12. The second-order valence-electron chi connectivity index (χ2n) is 3.28. The van der Waals surface area contributed by atoms with Crippen LogP contribution < -0.4 is 0 Å². The molecule has 0 saturated carbocycles. The summed E-state index contributed by atoms with van der Waals surface area (Å²) < 4.78 is 5.59. The predicted octanol–water partition coefficient (Wildman–Crippen LogP) is 5.79. The van der Waals surface area contributed by atoms with Gasteiger partial charge in [-0.15, -0.1) is 0 Å². The maximum Gasteiger partial charge on any atom is 0.0820 e. The van der Waals surface area contributed by atoms with E-state index in [1.165, 1.54) is 51.8 Å². The molecule has 0 bridgehead atoms. The van der Waals surface area contributed by atoms with E-state index in [2.05, 4.69) is 18.6 Å². The summed E-state index contributed by atoms with van der Waals surface area (Å²) in [5, 5.41) is 0. The molecule has 0 rings (SSSR count). The van der Waals surface area contributed by atoms with Crippen molar-refractivity contribution in [2.45, 2.75) is 45.4 Å². The van der Waals surface area contributed by atoms with E-state index in [0.717, 1.165) is 6.42 Å². The van der Waals surface area contributed by atoms with Gasteiger partial charge in [0.05, 0.1) is 13.1 Å². The average Bonchev–Trinajstić information content (AvgIpc) is 2.28. The first-order valence-corrected chi connectivity index (χ1v) is 15.1. The van der Waals surface area contributed by atoms with Crippen molar-refractivity contribution in [3.63, 3.8) is 0 Å². The van der Waals surface area contributed by atoms with Crippen molar-refractivity contribution in [3.05, 3.63) is 0 Å². The Hall–Kier alpha value is 2.50. The van der Waals surface area contributed by atoms with Gasteiger partial charge < -0.3 is 4.18 Å². The molecular weight excluding hydrogens is 369 g/mol. The third-order valence-corrected chi connectivity index (χ3v) is 15.3. The van der Waals surface area contributed by atoms with Gasteiger partial charge in [-0.1, -0.05) is 50.7 Å². The summed E-state index contributed by atoms with van der Waals surface area (Å²) in [4.78, 5) is 0. The van der Waals surface area contributed by atoms with Gasteiger partial charge in [0, 0.05) is 19.7 Å². The lowest BCUT2D eigenvalue weighted by atomic mass is 10.1. The van der Waals surface area contributed by atoms with Crippen molar-refractivity contribution in [2.75, 3.05) is 6.61 Å². The highest BCUT2D eigenvalue weighted by atomic mass is 33.9. The first-order valence-electron chi connectivity index (χ1n) is 5.35. The number of thiol groups is 1. The van der Waals surface area contributed by atoms with Gasteiger partial charge in [0.15, 0.2) is 0 Å². The fourth-order valence-electron chi connectivity index (χ4n) is 1.12. The normalized spacial score (nSPS) is 11.9. The van der Waals surface area contributed by atoms with Crippen LogP contribution >= 0.6 is 51.0 Å². The molecule has 0 saturated heterocycles. The third-order valence-electron chi connectivity index (χ3n) is 1.89. The summed E-state index contributed by atoms with van der Waals surface area (Å²) in [5.41, 5.74) is 0. The van der Waals surface area contributed by atoms with Crippen LogP contribution in [0.15, 0.2) is 0 Å². The fraction of sp³-hybridized carbons (Fsp3) is 1.00. The smallest absolute Gasteiger partial charge is 0.0820 e. The number of hydrogen-bond donors (Lipinski definition) is 1. The highest BCUT2D eigenvalue weighted by molar-refractivity contribution is 9.42. The van der Waals surface area contributed by atoms with E-state index in [4.69, 9.17) is 26.6 Å². The molecule has 0 fully saturated rings. The lowest BCUT2D eigenvalue weighted by molar-refractivity contribution is 0.355. The summed E-state index contributed by atoms with van der Waals surface area (Å²) >= 11 is 14.5. The van der Waals surface area contributed by atoms with Crippen LogP contribution in [0.3, 0.4) is 0 Å². The molecule has 0 unspecified atom stereocenters.